The number of benzene rings is 1. The second-order valence-corrected chi connectivity index (χ2v) is 4.02. The summed E-state index contributed by atoms with van der Waals surface area (Å²) in [7, 11) is 0. The van der Waals surface area contributed by atoms with Crippen LogP contribution in [0.3, 0.4) is 0 Å². The Morgan fingerprint density at radius 2 is 1.79 bits per heavy atom. The summed E-state index contributed by atoms with van der Waals surface area (Å²) >= 11 is 0. The molecule has 0 saturated heterocycles. The number of nitrogens with two attached hydrogens (primary N) is 1. The Balaban J connectivity index is 2.37. The molecule has 0 aliphatic rings. The number of nitrogens with one attached hydrogen (secondary N) is 4. The second kappa shape index (κ2) is 7.97. The van der Waals surface area contributed by atoms with Gasteiger partial charge in [0.05, 0.1) is 6.61 Å². The minimum atomic E-state index is -0.0641. The molecule has 0 aliphatic carbocycles. The van der Waals surface area contributed by atoms with Crippen molar-refractivity contribution < 1.29 is 4.74 Å². The standard InChI is InChI=1S/C13H21N5O/c1-2-9-19-11-5-3-10(4-6-11)12(14)17-7-8-18-13(15)16/h3-6H,2,7-9H2,1H3,(H2,14,17)(H4,15,16,18). The lowest BCUT2D eigenvalue weighted by molar-refractivity contribution is 0.317. The minimum absolute atomic E-state index is 0.0641. The minimum Gasteiger partial charge on any atom is -0.494 e. The fourth-order valence-corrected chi connectivity index (χ4v) is 1.42. The summed E-state index contributed by atoms with van der Waals surface area (Å²) in [5, 5.41) is 20.5. The largest absolute Gasteiger partial charge is 0.494 e. The molecule has 104 valence electrons. The van der Waals surface area contributed by atoms with Crippen LogP contribution in [-0.4, -0.2) is 31.5 Å². The zero-order valence-electron chi connectivity index (χ0n) is 11.1. The van der Waals surface area contributed by atoms with Crippen molar-refractivity contribution in [2.24, 2.45) is 5.73 Å². The fourth-order valence-electron chi connectivity index (χ4n) is 1.42. The molecule has 0 saturated carbocycles. The van der Waals surface area contributed by atoms with Crippen LogP contribution in [0.5, 0.6) is 5.75 Å². The summed E-state index contributed by atoms with van der Waals surface area (Å²) in [6.45, 7) is 3.80. The van der Waals surface area contributed by atoms with Crippen molar-refractivity contribution in [3.63, 3.8) is 0 Å². The van der Waals surface area contributed by atoms with Gasteiger partial charge in [0, 0.05) is 18.7 Å². The topological polar surface area (TPSA) is 107 Å². The molecule has 0 aliphatic heterocycles. The van der Waals surface area contributed by atoms with Crippen LogP contribution < -0.4 is 21.1 Å². The molecule has 0 bridgehead atoms. The zero-order chi connectivity index (χ0) is 14.1. The molecule has 0 radical (unpaired) electrons. The highest BCUT2D eigenvalue weighted by molar-refractivity contribution is 5.96. The lowest BCUT2D eigenvalue weighted by atomic mass is 10.2. The first kappa shape index (κ1) is 14.8. The van der Waals surface area contributed by atoms with Crippen LogP contribution in [0.15, 0.2) is 24.3 Å². The van der Waals surface area contributed by atoms with Crippen molar-refractivity contribution in [3.8, 4) is 5.75 Å². The number of guanidine groups is 1. The number of ether oxygens (including phenoxy) is 1. The van der Waals surface area contributed by atoms with E-state index in [0.29, 0.717) is 25.5 Å². The summed E-state index contributed by atoms with van der Waals surface area (Å²) < 4.78 is 5.48. The molecule has 19 heavy (non-hydrogen) atoms. The van der Waals surface area contributed by atoms with Gasteiger partial charge < -0.3 is 21.1 Å². The molecule has 1 aromatic carbocycles. The molecule has 6 N–H and O–H groups in total. The maximum absolute atomic E-state index is 7.86. The van der Waals surface area contributed by atoms with E-state index < -0.39 is 0 Å². The van der Waals surface area contributed by atoms with Gasteiger partial charge in [-0.1, -0.05) is 6.92 Å². The third-order valence-corrected chi connectivity index (χ3v) is 2.36. The van der Waals surface area contributed by atoms with Crippen LogP contribution >= 0.6 is 0 Å². The summed E-state index contributed by atoms with van der Waals surface area (Å²) in [5.74, 6) is 1.09. The zero-order valence-corrected chi connectivity index (χ0v) is 11.1. The SMILES string of the molecule is CCCOc1ccc(C(=N)NCCNC(=N)N)cc1. The van der Waals surface area contributed by atoms with Gasteiger partial charge in [0.25, 0.3) is 0 Å². The van der Waals surface area contributed by atoms with E-state index in [1.807, 2.05) is 24.3 Å². The van der Waals surface area contributed by atoms with E-state index in [0.717, 1.165) is 17.7 Å². The van der Waals surface area contributed by atoms with Gasteiger partial charge in [-0.05, 0) is 30.7 Å². The first-order chi connectivity index (χ1) is 9.13. The Bertz CT molecular complexity index is 416. The van der Waals surface area contributed by atoms with Gasteiger partial charge >= 0.3 is 0 Å². The van der Waals surface area contributed by atoms with Crippen molar-refractivity contribution in [2.45, 2.75) is 13.3 Å². The van der Waals surface area contributed by atoms with Gasteiger partial charge in [-0.25, -0.2) is 0 Å². The molecular weight excluding hydrogens is 242 g/mol. The maximum atomic E-state index is 7.86. The highest BCUT2D eigenvalue weighted by atomic mass is 16.5. The molecule has 0 spiro atoms. The Morgan fingerprint density at radius 1 is 1.16 bits per heavy atom. The van der Waals surface area contributed by atoms with Gasteiger partial charge in [-0.15, -0.1) is 0 Å². The summed E-state index contributed by atoms with van der Waals surface area (Å²) in [6.07, 6.45) is 0.974. The number of hydrogen-bond donors (Lipinski definition) is 5. The van der Waals surface area contributed by atoms with Crippen LogP contribution in [0.4, 0.5) is 0 Å². The molecule has 1 rings (SSSR count). The second-order valence-electron chi connectivity index (χ2n) is 4.02. The van der Waals surface area contributed by atoms with Gasteiger partial charge in [-0.3, -0.25) is 10.8 Å². The molecule has 0 atom stereocenters. The average molecular weight is 263 g/mol. The Hall–Kier alpha value is -2.24. The third-order valence-electron chi connectivity index (χ3n) is 2.36. The maximum Gasteiger partial charge on any atom is 0.185 e. The summed E-state index contributed by atoms with van der Waals surface area (Å²) in [5.41, 5.74) is 5.95. The van der Waals surface area contributed by atoms with E-state index in [2.05, 4.69) is 17.6 Å². The molecule has 0 unspecified atom stereocenters. The quantitative estimate of drug-likeness (QED) is 0.286. The first-order valence-corrected chi connectivity index (χ1v) is 6.27. The summed E-state index contributed by atoms with van der Waals surface area (Å²) in [4.78, 5) is 0. The Kier molecular flexibility index (Phi) is 6.21. The van der Waals surface area contributed by atoms with Gasteiger partial charge in [0.15, 0.2) is 5.96 Å². The molecule has 0 aromatic heterocycles. The molecule has 1 aromatic rings. The summed E-state index contributed by atoms with van der Waals surface area (Å²) in [6, 6.07) is 7.40. The van der Waals surface area contributed by atoms with Crippen molar-refractivity contribution in [2.75, 3.05) is 19.7 Å². The van der Waals surface area contributed by atoms with Crippen LogP contribution in [0.2, 0.25) is 0 Å². The van der Waals surface area contributed by atoms with E-state index in [9.17, 15) is 0 Å². The van der Waals surface area contributed by atoms with Crippen molar-refractivity contribution >= 4 is 11.8 Å². The number of hydrogen-bond acceptors (Lipinski definition) is 3. The van der Waals surface area contributed by atoms with Gasteiger partial charge in [0.1, 0.15) is 11.6 Å². The van der Waals surface area contributed by atoms with Crippen molar-refractivity contribution in [1.82, 2.24) is 10.6 Å². The van der Waals surface area contributed by atoms with Crippen molar-refractivity contribution in [1.29, 1.82) is 10.8 Å². The lowest BCUT2D eigenvalue weighted by Gasteiger charge is -2.10. The van der Waals surface area contributed by atoms with Crippen LogP contribution in [0.1, 0.15) is 18.9 Å². The highest BCUT2D eigenvalue weighted by Gasteiger charge is 2.01. The third kappa shape index (κ3) is 5.76. The Labute approximate surface area is 113 Å². The number of amidine groups is 1. The van der Waals surface area contributed by atoms with Crippen LogP contribution in [0.25, 0.3) is 0 Å². The predicted octanol–water partition coefficient (Wildman–Crippen LogP) is 0.873. The van der Waals surface area contributed by atoms with Crippen LogP contribution in [-0.2, 0) is 0 Å². The van der Waals surface area contributed by atoms with E-state index in [1.54, 1.807) is 0 Å². The highest BCUT2D eigenvalue weighted by Crippen LogP contribution is 2.12. The smallest absolute Gasteiger partial charge is 0.185 e. The molecule has 0 amide bonds. The van der Waals surface area contributed by atoms with E-state index in [4.69, 9.17) is 21.3 Å². The average Bonchev–Trinajstić information content (AvgIpc) is 2.41. The molecule has 0 heterocycles. The predicted molar refractivity (Wildman–Crippen MR) is 77.0 cm³/mol. The van der Waals surface area contributed by atoms with Gasteiger partial charge in [-0.2, -0.15) is 0 Å². The monoisotopic (exact) mass is 263 g/mol. The first-order valence-electron chi connectivity index (χ1n) is 6.27. The van der Waals surface area contributed by atoms with Crippen LogP contribution in [0, 0.1) is 10.8 Å². The lowest BCUT2D eigenvalue weighted by Crippen LogP contribution is -2.37. The molecule has 6 heteroatoms. The van der Waals surface area contributed by atoms with E-state index in [-0.39, 0.29) is 5.96 Å². The molecule has 0 fully saturated rings. The van der Waals surface area contributed by atoms with E-state index >= 15 is 0 Å². The molecule has 6 nitrogen and oxygen atoms in total. The van der Waals surface area contributed by atoms with Gasteiger partial charge in [0.2, 0.25) is 0 Å². The normalized spacial score (nSPS) is 9.74. The molecular formula is C13H21N5O. The Morgan fingerprint density at radius 3 is 2.37 bits per heavy atom. The van der Waals surface area contributed by atoms with Crippen molar-refractivity contribution in [3.05, 3.63) is 29.8 Å². The number of rotatable bonds is 7. The fraction of sp³-hybridized carbons (Fsp3) is 0.385. The van der Waals surface area contributed by atoms with E-state index in [1.165, 1.54) is 0 Å².